The summed E-state index contributed by atoms with van der Waals surface area (Å²) < 4.78 is 17.6. The summed E-state index contributed by atoms with van der Waals surface area (Å²) in [6.07, 6.45) is 2.76. The molecule has 0 bridgehead atoms. The Labute approximate surface area is 185 Å². The Bertz CT molecular complexity index is 1040. The number of rotatable bonds is 5. The van der Waals surface area contributed by atoms with Gasteiger partial charge in [-0.3, -0.25) is 4.79 Å². The van der Waals surface area contributed by atoms with Crippen molar-refractivity contribution >= 4 is 17.2 Å². The third-order valence-corrected chi connectivity index (χ3v) is 6.55. The van der Waals surface area contributed by atoms with Crippen molar-refractivity contribution in [3.63, 3.8) is 0 Å². The molecule has 3 aromatic rings. The molecule has 7 heteroatoms. The Kier molecular flexibility index (Phi) is 5.76. The number of hydrogen-bond acceptors (Lipinski definition) is 6. The van der Waals surface area contributed by atoms with Crippen molar-refractivity contribution in [1.82, 2.24) is 9.88 Å². The fourth-order valence-corrected chi connectivity index (χ4v) is 4.90. The van der Waals surface area contributed by atoms with E-state index < -0.39 is 0 Å². The predicted molar refractivity (Wildman–Crippen MR) is 118 cm³/mol. The van der Waals surface area contributed by atoms with Crippen molar-refractivity contribution in [3.05, 3.63) is 70.7 Å². The van der Waals surface area contributed by atoms with E-state index in [-0.39, 0.29) is 24.7 Å². The molecule has 0 aliphatic carbocycles. The monoisotopic (exact) mass is 436 g/mol. The highest BCUT2D eigenvalue weighted by atomic mass is 32.1. The molecule has 5 rings (SSSR count). The number of thiazole rings is 1. The molecule has 160 valence electrons. The van der Waals surface area contributed by atoms with Gasteiger partial charge in [0.05, 0.1) is 11.7 Å². The van der Waals surface area contributed by atoms with E-state index in [4.69, 9.17) is 19.2 Å². The van der Waals surface area contributed by atoms with Crippen molar-refractivity contribution in [2.24, 2.45) is 0 Å². The number of aromatic nitrogens is 1. The highest BCUT2D eigenvalue weighted by Crippen LogP contribution is 2.38. The van der Waals surface area contributed by atoms with Crippen LogP contribution >= 0.6 is 11.3 Å². The molecule has 31 heavy (non-hydrogen) atoms. The van der Waals surface area contributed by atoms with Gasteiger partial charge in [-0.25, -0.2) is 4.98 Å². The van der Waals surface area contributed by atoms with Crippen molar-refractivity contribution < 1.29 is 19.0 Å². The van der Waals surface area contributed by atoms with Gasteiger partial charge in [0.25, 0.3) is 5.91 Å². The molecule has 1 unspecified atom stereocenters. The maximum Gasteiger partial charge on any atom is 0.261 e. The van der Waals surface area contributed by atoms with Gasteiger partial charge >= 0.3 is 0 Å². The van der Waals surface area contributed by atoms with Crippen molar-refractivity contribution in [2.45, 2.75) is 31.4 Å². The van der Waals surface area contributed by atoms with Gasteiger partial charge in [0, 0.05) is 11.9 Å². The van der Waals surface area contributed by atoms with Crippen LogP contribution in [0.15, 0.2) is 60.0 Å². The zero-order valence-electron chi connectivity index (χ0n) is 17.1. The number of hydrogen-bond donors (Lipinski definition) is 0. The Morgan fingerprint density at radius 1 is 1.10 bits per heavy atom. The van der Waals surface area contributed by atoms with E-state index in [1.807, 2.05) is 64.9 Å². The lowest BCUT2D eigenvalue weighted by atomic mass is 10.00. The van der Waals surface area contributed by atoms with Gasteiger partial charge in [-0.05, 0) is 43.5 Å². The number of ether oxygens (including phenoxy) is 3. The minimum atomic E-state index is -0.234. The van der Waals surface area contributed by atoms with Crippen LogP contribution in [-0.4, -0.2) is 35.5 Å². The summed E-state index contributed by atoms with van der Waals surface area (Å²) in [6, 6.07) is 17.1. The van der Waals surface area contributed by atoms with Crippen LogP contribution in [0.4, 0.5) is 0 Å². The lowest BCUT2D eigenvalue weighted by molar-refractivity contribution is -0.137. The summed E-state index contributed by atoms with van der Waals surface area (Å²) in [7, 11) is 0. The van der Waals surface area contributed by atoms with Gasteiger partial charge in [0.15, 0.2) is 24.2 Å². The smallest absolute Gasteiger partial charge is 0.261 e. The largest absolute Gasteiger partial charge is 0.485 e. The number of amides is 1. The molecule has 0 radical (unpaired) electrons. The second-order valence-corrected chi connectivity index (χ2v) is 8.56. The summed E-state index contributed by atoms with van der Waals surface area (Å²) in [4.78, 5) is 19.7. The van der Waals surface area contributed by atoms with Crippen LogP contribution in [0.25, 0.3) is 0 Å². The van der Waals surface area contributed by atoms with E-state index in [1.54, 1.807) is 11.3 Å². The predicted octanol–water partition coefficient (Wildman–Crippen LogP) is 4.79. The van der Waals surface area contributed by atoms with E-state index >= 15 is 0 Å². The molecule has 2 aliphatic heterocycles. The van der Waals surface area contributed by atoms with Crippen LogP contribution in [0.3, 0.4) is 0 Å². The third kappa shape index (κ3) is 4.37. The van der Waals surface area contributed by atoms with Crippen LogP contribution in [0.5, 0.6) is 17.2 Å². The normalized spacial score (nSPS) is 20.3. The van der Waals surface area contributed by atoms with Crippen LogP contribution in [0, 0.1) is 0 Å². The summed E-state index contributed by atoms with van der Waals surface area (Å²) in [5.41, 5.74) is 0.926. The third-order valence-electron chi connectivity index (χ3n) is 5.59. The number of nitrogens with zero attached hydrogens (tertiary/aromatic N) is 2. The van der Waals surface area contributed by atoms with E-state index in [9.17, 15) is 4.79 Å². The Morgan fingerprint density at radius 3 is 2.77 bits per heavy atom. The van der Waals surface area contributed by atoms with Gasteiger partial charge in [-0.2, -0.15) is 0 Å². The molecule has 1 aromatic heterocycles. The van der Waals surface area contributed by atoms with E-state index in [0.717, 1.165) is 48.0 Å². The molecule has 1 amide bonds. The van der Waals surface area contributed by atoms with Gasteiger partial charge in [0.1, 0.15) is 17.4 Å². The van der Waals surface area contributed by atoms with E-state index in [0.29, 0.717) is 12.4 Å². The van der Waals surface area contributed by atoms with Crippen LogP contribution in [0.1, 0.15) is 42.1 Å². The maximum atomic E-state index is 12.9. The lowest BCUT2D eigenvalue weighted by Crippen LogP contribution is -2.41. The van der Waals surface area contributed by atoms with Crippen molar-refractivity contribution in [1.29, 1.82) is 0 Å². The van der Waals surface area contributed by atoms with E-state index in [1.165, 1.54) is 0 Å². The number of piperidine rings is 1. The molecule has 3 heterocycles. The molecule has 1 fully saturated rings. The summed E-state index contributed by atoms with van der Waals surface area (Å²) in [5, 5.41) is 2.93. The Morgan fingerprint density at radius 2 is 1.90 bits per heavy atom. The topological polar surface area (TPSA) is 60.9 Å². The molecule has 2 aromatic carbocycles. The number of carbonyl (C=O) groups is 1. The second kappa shape index (κ2) is 8.98. The van der Waals surface area contributed by atoms with E-state index in [2.05, 4.69) is 0 Å². The first-order chi connectivity index (χ1) is 15.3. The molecule has 6 nitrogen and oxygen atoms in total. The fourth-order valence-electron chi connectivity index (χ4n) is 4.03. The van der Waals surface area contributed by atoms with Gasteiger partial charge in [0.2, 0.25) is 0 Å². The number of fused-ring (bicyclic) bond motifs is 1. The maximum absolute atomic E-state index is 12.9. The summed E-state index contributed by atoms with van der Waals surface area (Å²) in [6.45, 7) is 1.20. The van der Waals surface area contributed by atoms with Gasteiger partial charge in [-0.1, -0.05) is 30.3 Å². The van der Waals surface area contributed by atoms with Crippen LogP contribution in [0.2, 0.25) is 0 Å². The second-order valence-electron chi connectivity index (χ2n) is 7.68. The van der Waals surface area contributed by atoms with Crippen molar-refractivity contribution in [2.75, 3.05) is 19.8 Å². The molecule has 1 saturated heterocycles. The number of benzene rings is 2. The summed E-state index contributed by atoms with van der Waals surface area (Å²) in [5.74, 6) is 2.20. The molecule has 0 spiro atoms. The standard InChI is InChI=1S/C24H24N2O4S/c27-23(15-28-17-8-2-1-3-9-17)26-13-7-6-10-19(26)18-16-31-24(25-18)22-14-29-20-11-4-5-12-21(20)30-22/h1-5,8-9,11-12,16,19,22H,6-7,10,13-15H2/t19-,22?/m1/s1. The lowest BCUT2D eigenvalue weighted by Gasteiger charge is -2.34. The zero-order chi connectivity index (χ0) is 21.0. The minimum absolute atomic E-state index is 0.00530. The average molecular weight is 437 g/mol. The first kappa shape index (κ1) is 19.9. The number of para-hydroxylation sites is 3. The molecule has 2 aliphatic rings. The molecular formula is C24H24N2O4S. The number of likely N-dealkylation sites (tertiary alicyclic amines) is 1. The zero-order valence-corrected chi connectivity index (χ0v) is 17.9. The highest BCUT2D eigenvalue weighted by molar-refractivity contribution is 7.09. The fraction of sp³-hybridized carbons (Fsp3) is 0.333. The Balaban J connectivity index is 1.27. The first-order valence-electron chi connectivity index (χ1n) is 10.6. The van der Waals surface area contributed by atoms with Crippen molar-refractivity contribution in [3.8, 4) is 17.2 Å². The highest BCUT2D eigenvalue weighted by Gasteiger charge is 2.32. The SMILES string of the molecule is O=C(COc1ccccc1)N1CCCC[C@@H]1c1csc(C2COc3ccccc3O2)n1. The molecule has 0 saturated carbocycles. The minimum Gasteiger partial charge on any atom is -0.485 e. The first-order valence-corrected chi connectivity index (χ1v) is 11.5. The van der Waals surface area contributed by atoms with Gasteiger partial charge in [-0.15, -0.1) is 11.3 Å². The summed E-state index contributed by atoms with van der Waals surface area (Å²) >= 11 is 1.56. The number of carbonyl (C=O) groups excluding carboxylic acids is 1. The van der Waals surface area contributed by atoms with Crippen LogP contribution in [-0.2, 0) is 4.79 Å². The molecule has 2 atom stereocenters. The molecular weight excluding hydrogens is 412 g/mol. The van der Waals surface area contributed by atoms with Gasteiger partial charge < -0.3 is 19.1 Å². The van der Waals surface area contributed by atoms with Crippen LogP contribution < -0.4 is 14.2 Å². The average Bonchev–Trinajstić information content (AvgIpc) is 3.33. The Hall–Kier alpha value is -3.06. The quantitative estimate of drug-likeness (QED) is 0.576. The molecule has 0 N–H and O–H groups in total.